The molecule has 2 amide bonds. The maximum atomic E-state index is 12.7. The molecule has 4 rings (SSSR count). The van der Waals surface area contributed by atoms with Crippen LogP contribution in [0.4, 0.5) is 5.69 Å². The van der Waals surface area contributed by atoms with Crippen molar-refractivity contribution in [2.45, 2.75) is 31.7 Å². The third-order valence-corrected chi connectivity index (χ3v) is 7.53. The summed E-state index contributed by atoms with van der Waals surface area (Å²) in [6.45, 7) is 3.37. The first kappa shape index (κ1) is 23.2. The van der Waals surface area contributed by atoms with Gasteiger partial charge in [-0.2, -0.15) is 0 Å². The number of benzene rings is 1. The van der Waals surface area contributed by atoms with E-state index in [1.807, 2.05) is 12.1 Å². The SMILES string of the molecule is CC(=O)OCC1=C(C)N2C(=O)[C@@H](NC(=O)CCNc3ccnc4cc(Cl)ccc34)C2S(=O)C1. The van der Waals surface area contributed by atoms with Gasteiger partial charge in [-0.1, -0.05) is 11.6 Å². The molecule has 1 aromatic heterocycles. The quantitative estimate of drug-likeness (QED) is 0.450. The van der Waals surface area contributed by atoms with Crippen LogP contribution < -0.4 is 10.6 Å². The number of amides is 2. The first-order chi connectivity index (χ1) is 15.8. The molecule has 2 aromatic rings. The van der Waals surface area contributed by atoms with Gasteiger partial charge < -0.3 is 15.4 Å². The number of carbonyl (C=O) groups excluding carboxylic acids is 3. The molecule has 33 heavy (non-hydrogen) atoms. The minimum atomic E-state index is -1.41. The van der Waals surface area contributed by atoms with E-state index >= 15 is 0 Å². The first-order valence-electron chi connectivity index (χ1n) is 10.4. The zero-order valence-electron chi connectivity index (χ0n) is 18.1. The number of hydrogen-bond donors (Lipinski definition) is 2. The molecule has 2 aliphatic rings. The summed E-state index contributed by atoms with van der Waals surface area (Å²) in [6, 6.07) is 6.39. The number of pyridine rings is 1. The molecule has 9 nitrogen and oxygen atoms in total. The monoisotopic (exact) mass is 490 g/mol. The van der Waals surface area contributed by atoms with Gasteiger partial charge in [0.2, 0.25) is 5.91 Å². The van der Waals surface area contributed by atoms with Gasteiger partial charge in [-0.3, -0.25) is 28.5 Å². The molecule has 0 spiro atoms. The first-order valence-corrected chi connectivity index (χ1v) is 12.1. The second-order valence-electron chi connectivity index (χ2n) is 7.84. The van der Waals surface area contributed by atoms with Gasteiger partial charge in [0.25, 0.3) is 5.91 Å². The van der Waals surface area contributed by atoms with Crippen LogP contribution in [0.5, 0.6) is 0 Å². The van der Waals surface area contributed by atoms with Crippen molar-refractivity contribution >= 4 is 56.8 Å². The zero-order valence-corrected chi connectivity index (χ0v) is 19.7. The summed E-state index contributed by atoms with van der Waals surface area (Å²) in [4.78, 5) is 41.9. The number of halogens is 1. The fourth-order valence-electron chi connectivity index (χ4n) is 3.92. The Bertz CT molecular complexity index is 1200. The van der Waals surface area contributed by atoms with Crippen LogP contribution in [0, 0.1) is 0 Å². The van der Waals surface area contributed by atoms with Crippen LogP contribution in [0.2, 0.25) is 5.02 Å². The topological polar surface area (TPSA) is 118 Å². The lowest BCUT2D eigenvalue weighted by atomic mass is 10.0. The Labute approximate surface area is 198 Å². The Morgan fingerprint density at radius 3 is 2.88 bits per heavy atom. The van der Waals surface area contributed by atoms with Gasteiger partial charge in [0.05, 0.1) is 22.1 Å². The average Bonchev–Trinajstić information content (AvgIpc) is 2.77. The normalized spacial score (nSPS) is 22.0. The molecule has 174 valence electrons. The third kappa shape index (κ3) is 4.72. The Morgan fingerprint density at radius 2 is 2.12 bits per heavy atom. The Balaban J connectivity index is 1.33. The van der Waals surface area contributed by atoms with E-state index in [9.17, 15) is 18.6 Å². The van der Waals surface area contributed by atoms with Crippen molar-refractivity contribution in [3.63, 3.8) is 0 Å². The van der Waals surface area contributed by atoms with Crippen LogP contribution in [-0.4, -0.2) is 62.2 Å². The number of allylic oxidation sites excluding steroid dienone is 1. The van der Waals surface area contributed by atoms with E-state index in [0.29, 0.717) is 22.8 Å². The van der Waals surface area contributed by atoms with Crippen molar-refractivity contribution in [2.24, 2.45) is 0 Å². The molecule has 2 unspecified atom stereocenters. The third-order valence-electron chi connectivity index (χ3n) is 5.64. The van der Waals surface area contributed by atoms with Gasteiger partial charge in [0.1, 0.15) is 18.0 Å². The van der Waals surface area contributed by atoms with Crippen molar-refractivity contribution in [3.8, 4) is 0 Å². The Hall–Kier alpha value is -2.98. The number of ether oxygens (including phenoxy) is 1. The molecule has 3 atom stereocenters. The minimum absolute atomic E-state index is 0.00198. The lowest BCUT2D eigenvalue weighted by Gasteiger charge is -2.49. The molecule has 0 saturated carbocycles. The lowest BCUT2D eigenvalue weighted by Crippen LogP contribution is -2.72. The van der Waals surface area contributed by atoms with Crippen molar-refractivity contribution in [3.05, 3.63) is 46.8 Å². The number of nitrogens with one attached hydrogen (secondary N) is 2. The van der Waals surface area contributed by atoms with E-state index in [1.165, 1.54) is 11.8 Å². The molecular formula is C22H23ClN4O5S. The Kier molecular flexibility index (Phi) is 6.66. The molecule has 11 heteroatoms. The Morgan fingerprint density at radius 1 is 1.33 bits per heavy atom. The summed E-state index contributed by atoms with van der Waals surface area (Å²) in [5.41, 5.74) is 2.84. The number of nitrogens with zero attached hydrogens (tertiary/aromatic N) is 2. The molecule has 1 aromatic carbocycles. The van der Waals surface area contributed by atoms with Crippen LogP contribution in [-0.2, 0) is 29.9 Å². The average molecular weight is 491 g/mol. The van der Waals surface area contributed by atoms with Crippen LogP contribution in [0.15, 0.2) is 41.7 Å². The summed E-state index contributed by atoms with van der Waals surface area (Å²) in [5.74, 6) is -0.878. The number of fused-ring (bicyclic) bond motifs is 2. The van der Waals surface area contributed by atoms with Gasteiger partial charge in [-0.15, -0.1) is 0 Å². The van der Waals surface area contributed by atoms with E-state index in [4.69, 9.17) is 16.3 Å². The van der Waals surface area contributed by atoms with Crippen molar-refractivity contribution < 1.29 is 23.3 Å². The number of β-lactam (4-membered cyclic amide) rings is 1. The van der Waals surface area contributed by atoms with Crippen molar-refractivity contribution in [2.75, 3.05) is 24.2 Å². The number of aromatic nitrogens is 1. The number of esters is 1. The number of rotatable bonds is 7. The molecule has 1 fully saturated rings. The van der Waals surface area contributed by atoms with E-state index in [1.54, 1.807) is 25.3 Å². The molecule has 0 aliphatic carbocycles. The summed E-state index contributed by atoms with van der Waals surface area (Å²) in [6.07, 6.45) is 1.79. The van der Waals surface area contributed by atoms with Crippen LogP contribution in [0.1, 0.15) is 20.3 Å². The predicted molar refractivity (Wildman–Crippen MR) is 125 cm³/mol. The summed E-state index contributed by atoms with van der Waals surface area (Å²) >= 11 is 6.01. The van der Waals surface area contributed by atoms with Gasteiger partial charge in [0, 0.05) is 47.9 Å². The second-order valence-corrected chi connectivity index (χ2v) is 9.80. The number of carbonyl (C=O) groups is 3. The maximum Gasteiger partial charge on any atom is 0.302 e. The highest BCUT2D eigenvalue weighted by Crippen LogP contribution is 2.34. The summed E-state index contributed by atoms with van der Waals surface area (Å²) < 4.78 is 17.7. The second kappa shape index (κ2) is 9.48. The fraction of sp³-hybridized carbons (Fsp3) is 0.364. The lowest BCUT2D eigenvalue weighted by molar-refractivity contribution is -0.146. The molecule has 3 heterocycles. The molecule has 2 aliphatic heterocycles. The van der Waals surface area contributed by atoms with Gasteiger partial charge >= 0.3 is 5.97 Å². The highest BCUT2D eigenvalue weighted by atomic mass is 35.5. The van der Waals surface area contributed by atoms with Crippen molar-refractivity contribution in [1.29, 1.82) is 0 Å². The minimum Gasteiger partial charge on any atom is -0.461 e. The van der Waals surface area contributed by atoms with Crippen LogP contribution >= 0.6 is 11.6 Å². The highest BCUT2D eigenvalue weighted by Gasteiger charge is 2.54. The van der Waals surface area contributed by atoms with Gasteiger partial charge in [-0.25, -0.2) is 0 Å². The van der Waals surface area contributed by atoms with Gasteiger partial charge in [-0.05, 0) is 36.8 Å². The van der Waals surface area contributed by atoms with E-state index in [0.717, 1.165) is 16.6 Å². The number of anilines is 1. The fourth-order valence-corrected chi connectivity index (χ4v) is 5.88. The van der Waals surface area contributed by atoms with E-state index < -0.39 is 28.2 Å². The largest absolute Gasteiger partial charge is 0.461 e. The molecule has 1 saturated heterocycles. The molecule has 0 bridgehead atoms. The summed E-state index contributed by atoms with van der Waals surface area (Å²) in [5, 5.41) is 6.79. The maximum absolute atomic E-state index is 12.7. The van der Waals surface area contributed by atoms with Crippen molar-refractivity contribution in [1.82, 2.24) is 15.2 Å². The van der Waals surface area contributed by atoms with E-state index in [2.05, 4.69) is 15.6 Å². The number of hydrogen-bond acceptors (Lipinski definition) is 7. The molecule has 2 N–H and O–H groups in total. The summed E-state index contributed by atoms with van der Waals surface area (Å²) in [7, 11) is -1.41. The molecular weight excluding hydrogens is 468 g/mol. The zero-order chi connectivity index (χ0) is 23.7. The van der Waals surface area contributed by atoms with E-state index in [-0.39, 0.29) is 30.6 Å². The predicted octanol–water partition coefficient (Wildman–Crippen LogP) is 1.94. The molecule has 0 radical (unpaired) electrons. The smallest absolute Gasteiger partial charge is 0.302 e. The van der Waals surface area contributed by atoms with Crippen LogP contribution in [0.3, 0.4) is 0 Å². The highest BCUT2D eigenvalue weighted by molar-refractivity contribution is 7.86. The van der Waals surface area contributed by atoms with Gasteiger partial charge in [0.15, 0.2) is 0 Å². The van der Waals surface area contributed by atoms with Crippen LogP contribution in [0.25, 0.3) is 10.9 Å². The standard InChI is InChI=1S/C22H23ClN4O5S/c1-12-14(10-32-13(2)28)11-33(31)22-20(21(30)27(12)22)26-19(29)6-8-24-17-5-7-25-18-9-15(23)3-4-16(17)18/h3-5,7,9,20,22H,6,8,10-11H2,1-2H3,(H,24,25)(H,26,29)/t20-,22?,33?/m1/s1.